The Labute approximate surface area is 69.8 Å². The normalized spacial score (nSPS) is 26.1. The Hall–Kier alpha value is -1.32. The summed E-state index contributed by atoms with van der Waals surface area (Å²) in [7, 11) is 1.32. The van der Waals surface area contributed by atoms with E-state index in [1.54, 1.807) is 6.08 Å². The molecule has 1 amide bonds. The molecule has 1 saturated heterocycles. The van der Waals surface area contributed by atoms with Crippen LogP contribution in [0.25, 0.3) is 0 Å². The van der Waals surface area contributed by atoms with Crippen LogP contribution in [-0.4, -0.2) is 29.9 Å². The molecule has 0 aliphatic carbocycles. The van der Waals surface area contributed by atoms with Crippen LogP contribution in [0.5, 0.6) is 0 Å². The number of carbonyl (C=O) groups excluding carboxylic acids is 2. The highest BCUT2D eigenvalue weighted by atomic mass is 16.5. The molecule has 2 rings (SSSR count). The number of β-lactam (4-membered cyclic amide) rings is 1. The molecule has 0 aromatic rings. The summed E-state index contributed by atoms with van der Waals surface area (Å²) in [5.41, 5.74) is 0.416. The first-order chi connectivity index (χ1) is 5.74. The van der Waals surface area contributed by atoms with Gasteiger partial charge in [0.1, 0.15) is 5.70 Å². The van der Waals surface area contributed by atoms with E-state index in [4.69, 9.17) is 0 Å². The van der Waals surface area contributed by atoms with Crippen molar-refractivity contribution in [2.45, 2.75) is 18.9 Å². The SMILES string of the molecule is COC(=O)C1=CCC2CC(=O)N12. The standard InChI is InChI=1S/C8H9NO3/c1-12-8(11)6-3-2-5-4-7(10)9(5)6/h3,5H,2,4H2,1H3. The van der Waals surface area contributed by atoms with Crippen molar-refractivity contribution in [3.05, 3.63) is 11.8 Å². The molecule has 0 saturated carbocycles. The fourth-order valence-corrected chi connectivity index (χ4v) is 1.63. The highest BCUT2D eigenvalue weighted by molar-refractivity contribution is 5.98. The van der Waals surface area contributed by atoms with Crippen molar-refractivity contribution in [2.24, 2.45) is 0 Å². The van der Waals surface area contributed by atoms with Crippen LogP contribution >= 0.6 is 0 Å². The molecule has 64 valence electrons. The summed E-state index contributed by atoms with van der Waals surface area (Å²) >= 11 is 0. The zero-order valence-corrected chi connectivity index (χ0v) is 6.74. The van der Waals surface area contributed by atoms with Gasteiger partial charge in [0, 0.05) is 12.5 Å². The predicted molar refractivity (Wildman–Crippen MR) is 40.0 cm³/mol. The van der Waals surface area contributed by atoms with Crippen molar-refractivity contribution in [2.75, 3.05) is 7.11 Å². The van der Waals surface area contributed by atoms with Crippen LogP contribution in [-0.2, 0) is 14.3 Å². The molecule has 1 atom stereocenters. The molecule has 4 nitrogen and oxygen atoms in total. The van der Waals surface area contributed by atoms with Gasteiger partial charge in [-0.2, -0.15) is 0 Å². The fourth-order valence-electron chi connectivity index (χ4n) is 1.63. The third-order valence-electron chi connectivity index (χ3n) is 2.28. The number of hydrogen-bond acceptors (Lipinski definition) is 3. The van der Waals surface area contributed by atoms with Crippen LogP contribution < -0.4 is 0 Å². The lowest BCUT2D eigenvalue weighted by molar-refractivity contribution is -0.148. The van der Waals surface area contributed by atoms with Crippen molar-refractivity contribution in [1.82, 2.24) is 4.90 Å². The zero-order chi connectivity index (χ0) is 8.72. The maximum Gasteiger partial charge on any atom is 0.354 e. The van der Waals surface area contributed by atoms with Crippen molar-refractivity contribution in [3.63, 3.8) is 0 Å². The van der Waals surface area contributed by atoms with Crippen LogP contribution in [0.1, 0.15) is 12.8 Å². The Balaban J connectivity index is 2.17. The molecule has 0 aromatic carbocycles. The van der Waals surface area contributed by atoms with E-state index < -0.39 is 5.97 Å². The Morgan fingerprint density at radius 3 is 3.08 bits per heavy atom. The number of methoxy groups -OCH3 is 1. The van der Waals surface area contributed by atoms with Crippen LogP contribution in [0.15, 0.2) is 11.8 Å². The second-order valence-electron chi connectivity index (χ2n) is 2.94. The molecule has 0 aromatic heterocycles. The molecule has 1 unspecified atom stereocenters. The van der Waals surface area contributed by atoms with Gasteiger partial charge in [0.05, 0.1) is 7.11 Å². The summed E-state index contributed by atoms with van der Waals surface area (Å²) in [6, 6.07) is 0.228. The van der Waals surface area contributed by atoms with Gasteiger partial charge in [-0.1, -0.05) is 6.08 Å². The maximum absolute atomic E-state index is 11.1. The Bertz CT molecular complexity index is 282. The number of rotatable bonds is 1. The number of hydrogen-bond donors (Lipinski definition) is 0. The van der Waals surface area contributed by atoms with Crippen LogP contribution in [0.2, 0.25) is 0 Å². The van der Waals surface area contributed by atoms with Gasteiger partial charge >= 0.3 is 5.97 Å². The number of ether oxygens (including phenoxy) is 1. The molecular formula is C8H9NO3. The third-order valence-corrected chi connectivity index (χ3v) is 2.28. The second-order valence-corrected chi connectivity index (χ2v) is 2.94. The molecule has 4 heteroatoms. The summed E-state index contributed by atoms with van der Waals surface area (Å²) in [6.45, 7) is 0. The predicted octanol–water partition coefficient (Wildman–Crippen LogP) is 0.0479. The van der Waals surface area contributed by atoms with Crippen LogP contribution in [0.4, 0.5) is 0 Å². The van der Waals surface area contributed by atoms with E-state index in [2.05, 4.69) is 4.74 Å². The molecule has 0 bridgehead atoms. The molecule has 1 fully saturated rings. The molecule has 2 aliphatic rings. The third kappa shape index (κ3) is 0.776. The average Bonchev–Trinajstić information content (AvgIpc) is 2.40. The van der Waals surface area contributed by atoms with E-state index in [0.29, 0.717) is 12.1 Å². The van der Waals surface area contributed by atoms with E-state index in [1.165, 1.54) is 12.0 Å². The first-order valence-corrected chi connectivity index (χ1v) is 3.84. The lowest BCUT2D eigenvalue weighted by Gasteiger charge is -2.35. The monoisotopic (exact) mass is 167 g/mol. The Morgan fingerprint density at radius 1 is 1.75 bits per heavy atom. The quantitative estimate of drug-likeness (QED) is 0.409. The van der Waals surface area contributed by atoms with Crippen molar-refractivity contribution < 1.29 is 14.3 Å². The summed E-state index contributed by atoms with van der Waals surface area (Å²) in [6.07, 6.45) is 3.12. The summed E-state index contributed by atoms with van der Waals surface area (Å²) in [5, 5.41) is 0. The van der Waals surface area contributed by atoms with Gasteiger partial charge in [-0.3, -0.25) is 4.79 Å². The molecular weight excluding hydrogens is 158 g/mol. The van der Waals surface area contributed by atoms with Crippen molar-refractivity contribution in [3.8, 4) is 0 Å². The summed E-state index contributed by atoms with van der Waals surface area (Å²) < 4.78 is 4.53. The number of fused-ring (bicyclic) bond motifs is 1. The van der Waals surface area contributed by atoms with Gasteiger partial charge in [-0.15, -0.1) is 0 Å². The number of carbonyl (C=O) groups is 2. The topological polar surface area (TPSA) is 46.6 Å². The van der Waals surface area contributed by atoms with Gasteiger partial charge in [-0.25, -0.2) is 4.79 Å². The van der Waals surface area contributed by atoms with Crippen LogP contribution in [0.3, 0.4) is 0 Å². The maximum atomic E-state index is 11.1. The minimum absolute atomic E-state index is 0.0224. The van der Waals surface area contributed by atoms with Crippen LogP contribution in [0, 0.1) is 0 Å². The first-order valence-electron chi connectivity index (χ1n) is 3.84. The van der Waals surface area contributed by atoms with E-state index in [0.717, 1.165) is 6.42 Å². The van der Waals surface area contributed by atoms with Crippen molar-refractivity contribution in [1.29, 1.82) is 0 Å². The highest BCUT2D eigenvalue weighted by Gasteiger charge is 2.43. The number of nitrogens with zero attached hydrogens (tertiary/aromatic N) is 1. The molecule has 0 radical (unpaired) electrons. The molecule has 12 heavy (non-hydrogen) atoms. The minimum Gasteiger partial charge on any atom is -0.464 e. The van der Waals surface area contributed by atoms with E-state index >= 15 is 0 Å². The number of amides is 1. The van der Waals surface area contributed by atoms with Gasteiger partial charge in [0.15, 0.2) is 0 Å². The molecule has 2 aliphatic heterocycles. The second kappa shape index (κ2) is 2.33. The van der Waals surface area contributed by atoms with E-state index in [-0.39, 0.29) is 11.9 Å². The van der Waals surface area contributed by atoms with Crippen molar-refractivity contribution >= 4 is 11.9 Å². The fraction of sp³-hybridized carbons (Fsp3) is 0.500. The lowest BCUT2D eigenvalue weighted by Crippen LogP contribution is -2.49. The Kier molecular flexibility index (Phi) is 1.43. The minimum atomic E-state index is -0.412. The molecule has 0 N–H and O–H groups in total. The average molecular weight is 167 g/mol. The van der Waals surface area contributed by atoms with Gasteiger partial charge in [0.2, 0.25) is 5.91 Å². The summed E-state index contributed by atoms with van der Waals surface area (Å²) in [4.78, 5) is 23.6. The highest BCUT2D eigenvalue weighted by Crippen LogP contribution is 2.33. The zero-order valence-electron chi connectivity index (χ0n) is 6.74. The lowest BCUT2D eigenvalue weighted by atomic mass is 10.0. The number of esters is 1. The van der Waals surface area contributed by atoms with Gasteiger partial charge < -0.3 is 9.64 Å². The van der Waals surface area contributed by atoms with E-state index in [9.17, 15) is 9.59 Å². The smallest absolute Gasteiger partial charge is 0.354 e. The largest absolute Gasteiger partial charge is 0.464 e. The van der Waals surface area contributed by atoms with E-state index in [1.807, 2.05) is 0 Å². The summed E-state index contributed by atoms with van der Waals surface area (Å²) in [5.74, 6) is -0.389. The first kappa shape index (κ1) is 7.34. The van der Waals surface area contributed by atoms with Gasteiger partial charge in [0.25, 0.3) is 0 Å². The molecule has 0 spiro atoms. The van der Waals surface area contributed by atoms with Gasteiger partial charge in [-0.05, 0) is 6.42 Å². The Morgan fingerprint density at radius 2 is 2.50 bits per heavy atom. The molecule has 2 heterocycles.